The summed E-state index contributed by atoms with van der Waals surface area (Å²) in [6.45, 7) is 0. The Kier molecular flexibility index (Phi) is 8.90. The van der Waals surface area contributed by atoms with Gasteiger partial charge in [0.05, 0.1) is 22.7 Å². The average molecular weight is 879 g/mol. The number of furan rings is 1. The largest absolute Gasteiger partial charge is 0.455 e. The molecule has 3 heteroatoms. The molecule has 0 spiro atoms. The molecule has 0 unspecified atom stereocenters. The van der Waals surface area contributed by atoms with Gasteiger partial charge in [-0.1, -0.05) is 188 Å². The fourth-order valence-corrected chi connectivity index (χ4v) is 11.0. The van der Waals surface area contributed by atoms with Crippen LogP contribution in [-0.2, 0) is 0 Å². The lowest BCUT2D eigenvalue weighted by Crippen LogP contribution is -2.11. The van der Waals surface area contributed by atoms with Crippen molar-refractivity contribution in [2.24, 2.45) is 0 Å². The summed E-state index contributed by atoms with van der Waals surface area (Å²) in [5, 5.41) is 2.27. The van der Waals surface area contributed by atoms with Gasteiger partial charge < -0.3 is 14.2 Å². The van der Waals surface area contributed by atoms with E-state index in [1.807, 2.05) is 12.1 Å². The molecule has 0 bridgehead atoms. The van der Waals surface area contributed by atoms with Crippen LogP contribution in [0.3, 0.4) is 0 Å². The van der Waals surface area contributed by atoms with Crippen LogP contribution in [-0.4, -0.2) is 0 Å². The van der Waals surface area contributed by atoms with Gasteiger partial charge in [-0.15, -0.1) is 0 Å². The second-order valence-corrected chi connectivity index (χ2v) is 18.0. The number of rotatable bonds is 5. The molecule has 0 saturated carbocycles. The SMILES string of the molecule is c1ccc(-c2ccc(N3c4ccccc4-c4ccccc4-c4cc(-c5ccc6c(c5)-c5ccccc5-c5ccccc5N6c5ccc(-c6cccc7c6oc6ccccc67)cc5)ccc43)cc2)cc1. The molecule has 2 aliphatic heterocycles. The molecule has 14 rings (SSSR count). The van der Waals surface area contributed by atoms with Crippen molar-refractivity contribution >= 4 is 56.1 Å². The van der Waals surface area contributed by atoms with E-state index in [9.17, 15) is 0 Å². The lowest BCUT2D eigenvalue weighted by molar-refractivity contribution is 0.670. The van der Waals surface area contributed by atoms with Gasteiger partial charge in [0.1, 0.15) is 11.2 Å². The Morgan fingerprint density at radius 2 is 0.623 bits per heavy atom. The van der Waals surface area contributed by atoms with Crippen LogP contribution in [0.5, 0.6) is 0 Å². The fraction of sp³-hybridized carbons (Fsp3) is 0. The van der Waals surface area contributed by atoms with Gasteiger partial charge in [-0.3, -0.25) is 0 Å². The van der Waals surface area contributed by atoms with E-state index in [0.29, 0.717) is 0 Å². The Morgan fingerprint density at radius 3 is 1.19 bits per heavy atom. The number of nitrogens with zero attached hydrogens (tertiary/aromatic N) is 2. The highest BCUT2D eigenvalue weighted by atomic mass is 16.3. The van der Waals surface area contributed by atoms with E-state index in [1.54, 1.807) is 0 Å². The number of anilines is 6. The predicted octanol–water partition coefficient (Wildman–Crippen LogP) is 18.8. The molecule has 0 aliphatic carbocycles. The maximum atomic E-state index is 6.48. The third-order valence-corrected chi connectivity index (χ3v) is 14.2. The molecule has 0 atom stereocenters. The Bertz CT molecular complexity index is 3960. The summed E-state index contributed by atoms with van der Waals surface area (Å²) in [4.78, 5) is 4.87. The van der Waals surface area contributed by atoms with Crippen molar-refractivity contribution in [3.05, 3.63) is 255 Å². The summed E-state index contributed by atoms with van der Waals surface area (Å²) in [6, 6.07) is 92.8. The van der Waals surface area contributed by atoms with Crippen LogP contribution in [0, 0.1) is 0 Å². The van der Waals surface area contributed by atoms with Crippen LogP contribution in [0.2, 0.25) is 0 Å². The van der Waals surface area contributed by atoms with Crippen molar-refractivity contribution < 1.29 is 4.42 Å². The Morgan fingerprint density at radius 1 is 0.232 bits per heavy atom. The van der Waals surface area contributed by atoms with E-state index in [1.165, 1.54) is 55.6 Å². The van der Waals surface area contributed by atoms with Crippen molar-refractivity contribution in [2.75, 3.05) is 9.80 Å². The van der Waals surface area contributed by atoms with Gasteiger partial charge in [0, 0.05) is 50.0 Å². The van der Waals surface area contributed by atoms with Gasteiger partial charge in [0.15, 0.2) is 0 Å². The molecule has 0 fully saturated rings. The summed E-state index contributed by atoms with van der Waals surface area (Å²) in [5.41, 5.74) is 25.1. The zero-order valence-corrected chi connectivity index (χ0v) is 37.6. The van der Waals surface area contributed by atoms with Crippen molar-refractivity contribution in [1.82, 2.24) is 0 Å². The summed E-state index contributed by atoms with van der Waals surface area (Å²) >= 11 is 0. The van der Waals surface area contributed by atoms with Crippen LogP contribution < -0.4 is 9.80 Å². The standard InChI is InChI=1S/C66H42N2O/c1-2-15-43(16-3-1)44-29-35-48(36-30-44)67-61-26-11-8-21-55(61)51-17-4-6-19-53(51)59-41-46(33-39-63(59)67)47-34-40-64-60(42-47)54-20-7-5-18-52(54)56-22-9-12-27-62(56)68(64)49-37-31-45(32-38-49)50-24-14-25-58-57-23-10-13-28-65(57)69-66(50)58/h1-42H. The quantitative estimate of drug-likeness (QED) is 0.172. The molecule has 12 aromatic rings. The third-order valence-electron chi connectivity index (χ3n) is 14.2. The first-order chi connectivity index (χ1) is 34.2. The van der Waals surface area contributed by atoms with Crippen molar-refractivity contribution in [1.29, 1.82) is 0 Å². The zero-order valence-electron chi connectivity index (χ0n) is 37.6. The van der Waals surface area contributed by atoms with Gasteiger partial charge >= 0.3 is 0 Å². The average Bonchev–Trinajstić information content (AvgIpc) is 3.70. The molecule has 0 N–H and O–H groups in total. The van der Waals surface area contributed by atoms with Gasteiger partial charge in [-0.25, -0.2) is 0 Å². The smallest absolute Gasteiger partial charge is 0.143 e. The van der Waals surface area contributed by atoms with Crippen molar-refractivity contribution in [3.63, 3.8) is 0 Å². The molecule has 3 nitrogen and oxygen atoms in total. The van der Waals surface area contributed by atoms with Crippen molar-refractivity contribution in [3.8, 4) is 77.9 Å². The minimum atomic E-state index is 0.904. The molecule has 3 heterocycles. The zero-order chi connectivity index (χ0) is 45.4. The Balaban J connectivity index is 0.912. The molecular formula is C66H42N2O. The van der Waals surface area contributed by atoms with E-state index in [2.05, 4.69) is 252 Å². The lowest BCUT2D eigenvalue weighted by atomic mass is 9.90. The number of benzene rings is 11. The van der Waals surface area contributed by atoms with Crippen LogP contribution in [0.4, 0.5) is 34.1 Å². The summed E-state index contributed by atoms with van der Waals surface area (Å²) in [5.74, 6) is 0. The fourth-order valence-electron chi connectivity index (χ4n) is 11.0. The molecule has 2 aliphatic rings. The summed E-state index contributed by atoms with van der Waals surface area (Å²) in [6.07, 6.45) is 0. The molecular weight excluding hydrogens is 837 g/mol. The highest BCUT2D eigenvalue weighted by Crippen LogP contribution is 2.54. The van der Waals surface area contributed by atoms with E-state index < -0.39 is 0 Å². The van der Waals surface area contributed by atoms with E-state index in [-0.39, 0.29) is 0 Å². The number of para-hydroxylation sites is 4. The normalized spacial score (nSPS) is 12.3. The van der Waals surface area contributed by atoms with Gasteiger partial charge in [0.2, 0.25) is 0 Å². The Labute approximate surface area is 401 Å². The summed E-state index contributed by atoms with van der Waals surface area (Å²) < 4.78 is 6.48. The molecule has 322 valence electrons. The minimum absolute atomic E-state index is 0.904. The molecule has 1 aromatic heterocycles. The monoisotopic (exact) mass is 878 g/mol. The molecule has 11 aromatic carbocycles. The van der Waals surface area contributed by atoms with Gasteiger partial charge in [-0.2, -0.15) is 0 Å². The van der Waals surface area contributed by atoms with Crippen LogP contribution in [0.15, 0.2) is 259 Å². The minimum Gasteiger partial charge on any atom is -0.455 e. The van der Waals surface area contributed by atoms with Crippen LogP contribution >= 0.6 is 0 Å². The first kappa shape index (κ1) is 39.0. The third kappa shape index (κ3) is 6.29. The highest BCUT2D eigenvalue weighted by Gasteiger charge is 2.29. The van der Waals surface area contributed by atoms with E-state index in [0.717, 1.165) is 78.3 Å². The lowest BCUT2D eigenvalue weighted by Gasteiger charge is -2.28. The van der Waals surface area contributed by atoms with E-state index in [4.69, 9.17) is 4.42 Å². The molecule has 69 heavy (non-hydrogen) atoms. The van der Waals surface area contributed by atoms with E-state index >= 15 is 0 Å². The molecule has 0 amide bonds. The molecule has 0 saturated heterocycles. The maximum absolute atomic E-state index is 6.48. The highest BCUT2D eigenvalue weighted by molar-refractivity contribution is 6.10. The number of hydrogen-bond donors (Lipinski definition) is 0. The summed E-state index contributed by atoms with van der Waals surface area (Å²) in [7, 11) is 0. The first-order valence-electron chi connectivity index (χ1n) is 23.7. The number of fused-ring (bicyclic) bond motifs is 13. The van der Waals surface area contributed by atoms with Crippen LogP contribution in [0.25, 0.3) is 99.8 Å². The van der Waals surface area contributed by atoms with Crippen LogP contribution in [0.1, 0.15) is 0 Å². The topological polar surface area (TPSA) is 19.6 Å². The number of hydrogen-bond acceptors (Lipinski definition) is 3. The second-order valence-electron chi connectivity index (χ2n) is 18.0. The first-order valence-corrected chi connectivity index (χ1v) is 23.7. The van der Waals surface area contributed by atoms with Gasteiger partial charge in [-0.05, 0) is 117 Å². The van der Waals surface area contributed by atoms with Crippen molar-refractivity contribution in [2.45, 2.75) is 0 Å². The maximum Gasteiger partial charge on any atom is 0.143 e. The predicted molar refractivity (Wildman–Crippen MR) is 288 cm³/mol. The molecule has 0 radical (unpaired) electrons. The second kappa shape index (κ2) is 15.7. The Hall–Kier alpha value is -9.18. The van der Waals surface area contributed by atoms with Gasteiger partial charge in [0.25, 0.3) is 0 Å².